The van der Waals surface area contributed by atoms with Gasteiger partial charge in [0.25, 0.3) is 0 Å². The molecule has 0 aliphatic heterocycles. The molecule has 0 aliphatic carbocycles. The molecule has 0 saturated carbocycles. The Kier molecular flexibility index (Phi) is 68.1. The first-order valence-electron chi connectivity index (χ1n) is 36.3. The van der Waals surface area contributed by atoms with E-state index in [1.54, 1.807) is 0 Å². The molecule has 6 heteroatoms. The molecule has 0 bridgehead atoms. The molecule has 0 saturated heterocycles. The van der Waals surface area contributed by atoms with Gasteiger partial charge in [-0.05, 0) is 89.9 Å². The molecule has 6 nitrogen and oxygen atoms in total. The zero-order valence-corrected chi connectivity index (χ0v) is 55.0. The van der Waals surface area contributed by atoms with Crippen LogP contribution in [-0.2, 0) is 28.6 Å². The molecule has 0 amide bonds. The lowest BCUT2D eigenvalue weighted by molar-refractivity contribution is -0.167. The van der Waals surface area contributed by atoms with Gasteiger partial charge in [0.15, 0.2) is 6.10 Å². The summed E-state index contributed by atoms with van der Waals surface area (Å²) in [7, 11) is 0. The van der Waals surface area contributed by atoms with Crippen molar-refractivity contribution in [1.82, 2.24) is 0 Å². The van der Waals surface area contributed by atoms with Crippen LogP contribution >= 0.6 is 0 Å². The van der Waals surface area contributed by atoms with Crippen LogP contribution in [0.15, 0.2) is 60.8 Å². The summed E-state index contributed by atoms with van der Waals surface area (Å²) in [4.78, 5) is 38.4. The molecule has 0 radical (unpaired) electrons. The van der Waals surface area contributed by atoms with E-state index in [9.17, 15) is 14.4 Å². The molecule has 0 rings (SSSR count). The second-order valence-corrected chi connectivity index (χ2v) is 24.5. The van der Waals surface area contributed by atoms with Crippen molar-refractivity contribution >= 4 is 17.9 Å². The van der Waals surface area contributed by atoms with Crippen LogP contribution in [0.2, 0.25) is 0 Å². The van der Waals surface area contributed by atoms with Crippen LogP contribution in [0.25, 0.3) is 0 Å². The predicted octanol–water partition coefficient (Wildman–Crippen LogP) is 25.1. The second-order valence-electron chi connectivity index (χ2n) is 24.5. The standard InChI is InChI=1S/C76H138O6/c1-4-7-10-13-16-19-22-25-28-30-32-33-34-35-36-37-38-39-40-41-42-43-44-46-48-51-54-57-60-63-66-69-75(78)81-72-73(71-80-74(77)68-65-62-59-56-53-50-47-27-24-21-18-15-12-9-6-3)82-76(79)70-67-64-61-58-55-52-49-45-31-29-26-23-20-17-14-11-8-5-2/h20,22-23,25,29-32,34-35,73H,4-19,21,24,26-28,33,36-72H2,1-3H3/b23-20-,25-22-,31-29-,32-30-,35-34-. The van der Waals surface area contributed by atoms with Gasteiger partial charge in [-0.25, -0.2) is 0 Å². The normalized spacial score (nSPS) is 12.4. The van der Waals surface area contributed by atoms with Crippen LogP contribution in [0.1, 0.15) is 387 Å². The Morgan fingerprint density at radius 2 is 0.439 bits per heavy atom. The number of esters is 3. The van der Waals surface area contributed by atoms with E-state index in [0.717, 1.165) is 83.5 Å². The summed E-state index contributed by atoms with van der Waals surface area (Å²) in [5, 5.41) is 0. The summed E-state index contributed by atoms with van der Waals surface area (Å²) in [6, 6.07) is 0. The van der Waals surface area contributed by atoms with Gasteiger partial charge >= 0.3 is 17.9 Å². The summed E-state index contributed by atoms with van der Waals surface area (Å²) < 4.78 is 17.0. The van der Waals surface area contributed by atoms with Gasteiger partial charge < -0.3 is 14.2 Å². The number of unbranched alkanes of at least 4 members (excludes halogenated alkanes) is 46. The van der Waals surface area contributed by atoms with Crippen molar-refractivity contribution in [2.45, 2.75) is 393 Å². The maximum Gasteiger partial charge on any atom is 0.306 e. The topological polar surface area (TPSA) is 78.9 Å². The van der Waals surface area contributed by atoms with Crippen LogP contribution < -0.4 is 0 Å². The smallest absolute Gasteiger partial charge is 0.306 e. The SMILES string of the molecule is CCCCCC/C=C\C/C=C\CCCCCCCCCC(=O)OC(COC(=O)CCCCCCCCCCCCCCCCC)COC(=O)CCCCCCCCCCCCCCCCCC/C=C\C/C=C\C/C=C\CCCCCCC. The van der Waals surface area contributed by atoms with Crippen molar-refractivity contribution in [3.05, 3.63) is 60.8 Å². The first-order valence-corrected chi connectivity index (χ1v) is 36.3. The summed E-state index contributed by atoms with van der Waals surface area (Å²) in [6.45, 7) is 6.67. The molecule has 0 aromatic carbocycles. The third kappa shape index (κ3) is 67.9. The highest BCUT2D eigenvalue weighted by Crippen LogP contribution is 2.18. The quantitative estimate of drug-likeness (QED) is 0.0261. The van der Waals surface area contributed by atoms with Crippen LogP contribution in [0.3, 0.4) is 0 Å². The second kappa shape index (κ2) is 70.6. The van der Waals surface area contributed by atoms with Gasteiger partial charge in [-0.2, -0.15) is 0 Å². The number of carbonyl (C=O) groups is 3. The summed E-state index contributed by atoms with van der Waals surface area (Å²) in [6.07, 6.45) is 91.1. The molecule has 0 aliphatic rings. The molecular formula is C76H138O6. The zero-order valence-electron chi connectivity index (χ0n) is 55.0. The lowest BCUT2D eigenvalue weighted by Crippen LogP contribution is -2.30. The summed E-state index contributed by atoms with van der Waals surface area (Å²) in [5.41, 5.74) is 0. The maximum atomic E-state index is 12.9. The number of hydrogen-bond acceptors (Lipinski definition) is 6. The average molecular weight is 1150 g/mol. The van der Waals surface area contributed by atoms with E-state index < -0.39 is 6.10 Å². The highest BCUT2D eigenvalue weighted by molar-refractivity contribution is 5.71. The summed E-state index contributed by atoms with van der Waals surface area (Å²) in [5.74, 6) is -0.854. The average Bonchev–Trinajstić information content (AvgIpc) is 3.47. The van der Waals surface area contributed by atoms with Crippen LogP contribution in [0.5, 0.6) is 0 Å². The van der Waals surface area contributed by atoms with Gasteiger partial charge in [0.05, 0.1) is 0 Å². The van der Waals surface area contributed by atoms with E-state index in [0.29, 0.717) is 19.3 Å². The van der Waals surface area contributed by atoms with Crippen LogP contribution in [-0.4, -0.2) is 37.2 Å². The molecule has 82 heavy (non-hydrogen) atoms. The van der Waals surface area contributed by atoms with E-state index in [1.165, 1.54) is 263 Å². The summed E-state index contributed by atoms with van der Waals surface area (Å²) >= 11 is 0. The van der Waals surface area contributed by atoms with Crippen molar-refractivity contribution < 1.29 is 28.6 Å². The largest absolute Gasteiger partial charge is 0.462 e. The van der Waals surface area contributed by atoms with Crippen molar-refractivity contribution in [3.8, 4) is 0 Å². The number of ether oxygens (including phenoxy) is 3. The molecule has 478 valence electrons. The highest BCUT2D eigenvalue weighted by Gasteiger charge is 2.19. The van der Waals surface area contributed by atoms with Gasteiger partial charge in [0.2, 0.25) is 0 Å². The number of hydrogen-bond donors (Lipinski definition) is 0. The lowest BCUT2D eigenvalue weighted by atomic mass is 10.0. The number of allylic oxidation sites excluding steroid dienone is 10. The van der Waals surface area contributed by atoms with Crippen molar-refractivity contribution in [1.29, 1.82) is 0 Å². The van der Waals surface area contributed by atoms with Crippen LogP contribution in [0, 0.1) is 0 Å². The molecule has 0 spiro atoms. The Hall–Kier alpha value is -2.89. The van der Waals surface area contributed by atoms with Crippen molar-refractivity contribution in [3.63, 3.8) is 0 Å². The Balaban J connectivity index is 4.22. The van der Waals surface area contributed by atoms with E-state index in [-0.39, 0.29) is 31.1 Å². The molecule has 0 aromatic rings. The van der Waals surface area contributed by atoms with Gasteiger partial charge in [0.1, 0.15) is 13.2 Å². The Morgan fingerprint density at radius 3 is 0.695 bits per heavy atom. The van der Waals surface area contributed by atoms with Crippen molar-refractivity contribution in [2.75, 3.05) is 13.2 Å². The molecule has 0 N–H and O–H groups in total. The van der Waals surface area contributed by atoms with Crippen molar-refractivity contribution in [2.24, 2.45) is 0 Å². The third-order valence-corrected chi connectivity index (χ3v) is 16.2. The molecule has 0 aromatic heterocycles. The fourth-order valence-corrected chi connectivity index (χ4v) is 10.8. The van der Waals surface area contributed by atoms with E-state index in [4.69, 9.17) is 14.2 Å². The highest BCUT2D eigenvalue weighted by atomic mass is 16.6. The lowest BCUT2D eigenvalue weighted by Gasteiger charge is -2.18. The Bertz CT molecular complexity index is 1460. The van der Waals surface area contributed by atoms with Gasteiger partial charge in [-0.3, -0.25) is 14.4 Å². The van der Waals surface area contributed by atoms with Gasteiger partial charge in [-0.15, -0.1) is 0 Å². The Labute approximate surface area is 510 Å². The molecular weight excluding hydrogens is 1010 g/mol. The zero-order chi connectivity index (χ0) is 59.2. The van der Waals surface area contributed by atoms with Gasteiger partial charge in [0, 0.05) is 19.3 Å². The van der Waals surface area contributed by atoms with E-state index in [1.807, 2.05) is 0 Å². The fourth-order valence-electron chi connectivity index (χ4n) is 10.8. The molecule has 1 unspecified atom stereocenters. The maximum absolute atomic E-state index is 12.9. The predicted molar refractivity (Wildman–Crippen MR) is 358 cm³/mol. The van der Waals surface area contributed by atoms with Gasteiger partial charge in [-0.1, -0.05) is 338 Å². The molecule has 0 fully saturated rings. The minimum absolute atomic E-state index is 0.0723. The molecule has 0 heterocycles. The first-order chi connectivity index (χ1) is 40.5. The minimum Gasteiger partial charge on any atom is -0.462 e. The van der Waals surface area contributed by atoms with E-state index >= 15 is 0 Å². The first kappa shape index (κ1) is 79.1. The fraction of sp³-hybridized carbons (Fsp3) is 0.829. The minimum atomic E-state index is -0.777. The van der Waals surface area contributed by atoms with E-state index in [2.05, 4.69) is 81.5 Å². The monoisotopic (exact) mass is 1150 g/mol. The Morgan fingerprint density at radius 1 is 0.244 bits per heavy atom. The third-order valence-electron chi connectivity index (χ3n) is 16.2. The number of carbonyl (C=O) groups excluding carboxylic acids is 3. The number of rotatable bonds is 67. The molecule has 1 atom stereocenters. The van der Waals surface area contributed by atoms with Crippen LogP contribution in [0.4, 0.5) is 0 Å².